The van der Waals surface area contributed by atoms with Crippen LogP contribution in [0.3, 0.4) is 0 Å². The molecule has 0 radical (unpaired) electrons. The van der Waals surface area contributed by atoms with E-state index < -0.39 is 10.0 Å². The molecule has 2 aromatic carbocycles. The minimum atomic E-state index is -3.90. The molecule has 0 bridgehead atoms. The number of nitrogens with zero attached hydrogens (tertiary/aromatic N) is 1. The van der Waals surface area contributed by atoms with Crippen molar-refractivity contribution in [1.82, 2.24) is 4.98 Å². The zero-order chi connectivity index (χ0) is 19.3. The molecule has 0 fully saturated rings. The third kappa shape index (κ3) is 4.48. The lowest BCUT2D eigenvalue weighted by Gasteiger charge is -2.13. The molecule has 0 unspecified atom stereocenters. The Hall–Kier alpha value is -3.26. The van der Waals surface area contributed by atoms with E-state index in [1.54, 1.807) is 24.4 Å². The second-order valence-electron chi connectivity index (χ2n) is 5.55. The van der Waals surface area contributed by atoms with Gasteiger partial charge in [0.15, 0.2) is 0 Å². The highest BCUT2D eigenvalue weighted by molar-refractivity contribution is 7.92. The number of benzene rings is 2. The Labute approximate surface area is 158 Å². The fraction of sp³-hybridized carbons (Fsp3) is 0.105. The molecule has 2 N–H and O–H groups in total. The van der Waals surface area contributed by atoms with Crippen LogP contribution < -0.4 is 19.5 Å². The molecule has 3 rings (SSSR count). The normalized spacial score (nSPS) is 10.9. The summed E-state index contributed by atoms with van der Waals surface area (Å²) in [7, 11) is -1.03. The Morgan fingerprint density at radius 2 is 1.67 bits per heavy atom. The second kappa shape index (κ2) is 7.96. The van der Waals surface area contributed by atoms with Crippen LogP contribution in [0.1, 0.15) is 0 Å². The number of hydrogen-bond donors (Lipinski definition) is 2. The number of para-hydroxylation sites is 1. The van der Waals surface area contributed by atoms with Crippen molar-refractivity contribution in [2.24, 2.45) is 0 Å². The van der Waals surface area contributed by atoms with Gasteiger partial charge in [0, 0.05) is 11.8 Å². The molecule has 0 atom stereocenters. The summed E-state index contributed by atoms with van der Waals surface area (Å²) in [6.45, 7) is 0. The van der Waals surface area contributed by atoms with Gasteiger partial charge in [0.1, 0.15) is 22.2 Å². The first-order valence-electron chi connectivity index (χ1n) is 8.05. The van der Waals surface area contributed by atoms with Crippen LogP contribution in [0, 0.1) is 0 Å². The number of sulfonamides is 1. The van der Waals surface area contributed by atoms with Crippen molar-refractivity contribution in [1.29, 1.82) is 0 Å². The van der Waals surface area contributed by atoms with Crippen LogP contribution in [0.4, 0.5) is 17.2 Å². The second-order valence-corrected chi connectivity index (χ2v) is 7.20. The van der Waals surface area contributed by atoms with Gasteiger partial charge in [-0.15, -0.1) is 0 Å². The number of aromatic nitrogens is 1. The van der Waals surface area contributed by atoms with Gasteiger partial charge in [-0.05, 0) is 36.4 Å². The van der Waals surface area contributed by atoms with E-state index in [0.717, 1.165) is 11.4 Å². The van der Waals surface area contributed by atoms with E-state index in [4.69, 9.17) is 9.47 Å². The predicted octanol–water partition coefficient (Wildman–Crippen LogP) is 3.64. The van der Waals surface area contributed by atoms with Crippen molar-refractivity contribution in [2.75, 3.05) is 24.3 Å². The third-order valence-electron chi connectivity index (χ3n) is 3.73. The van der Waals surface area contributed by atoms with E-state index in [9.17, 15) is 8.42 Å². The monoisotopic (exact) mass is 385 g/mol. The Bertz CT molecular complexity index is 1010. The SMILES string of the molecule is COc1ccc(OC)c(S(=O)(=O)Nc2ccc(Nc3ccccc3)cn2)c1. The van der Waals surface area contributed by atoms with E-state index in [1.165, 1.54) is 26.4 Å². The summed E-state index contributed by atoms with van der Waals surface area (Å²) in [6, 6.07) is 17.5. The Morgan fingerprint density at radius 1 is 0.889 bits per heavy atom. The molecule has 0 aliphatic rings. The van der Waals surface area contributed by atoms with Gasteiger partial charge in [-0.3, -0.25) is 4.72 Å². The highest BCUT2D eigenvalue weighted by atomic mass is 32.2. The molecule has 0 saturated carbocycles. The van der Waals surface area contributed by atoms with Gasteiger partial charge < -0.3 is 14.8 Å². The highest BCUT2D eigenvalue weighted by Gasteiger charge is 2.21. The van der Waals surface area contributed by atoms with Crippen LogP contribution in [-0.2, 0) is 10.0 Å². The van der Waals surface area contributed by atoms with Gasteiger partial charge in [-0.1, -0.05) is 18.2 Å². The van der Waals surface area contributed by atoms with Crippen molar-refractivity contribution in [3.05, 3.63) is 66.9 Å². The number of methoxy groups -OCH3 is 2. The molecule has 27 heavy (non-hydrogen) atoms. The maximum atomic E-state index is 12.7. The van der Waals surface area contributed by atoms with Crippen molar-refractivity contribution in [3.8, 4) is 11.5 Å². The molecule has 1 aromatic heterocycles. The van der Waals surface area contributed by atoms with Gasteiger partial charge in [0.2, 0.25) is 0 Å². The highest BCUT2D eigenvalue weighted by Crippen LogP contribution is 2.29. The summed E-state index contributed by atoms with van der Waals surface area (Å²) < 4.78 is 38.1. The first kappa shape index (κ1) is 18.5. The quantitative estimate of drug-likeness (QED) is 0.645. The van der Waals surface area contributed by atoms with E-state index in [-0.39, 0.29) is 16.5 Å². The van der Waals surface area contributed by atoms with Crippen LogP contribution >= 0.6 is 0 Å². The topological polar surface area (TPSA) is 89.5 Å². The smallest absolute Gasteiger partial charge is 0.266 e. The third-order valence-corrected chi connectivity index (χ3v) is 5.10. The van der Waals surface area contributed by atoms with E-state index >= 15 is 0 Å². The Morgan fingerprint density at radius 3 is 2.30 bits per heavy atom. The van der Waals surface area contributed by atoms with Gasteiger partial charge >= 0.3 is 0 Å². The van der Waals surface area contributed by atoms with Gasteiger partial charge in [-0.2, -0.15) is 0 Å². The minimum Gasteiger partial charge on any atom is -0.497 e. The summed E-state index contributed by atoms with van der Waals surface area (Å²) in [5.41, 5.74) is 1.65. The zero-order valence-electron chi connectivity index (χ0n) is 14.8. The average molecular weight is 385 g/mol. The number of anilines is 3. The Kier molecular flexibility index (Phi) is 5.46. The zero-order valence-corrected chi connectivity index (χ0v) is 15.7. The summed E-state index contributed by atoms with van der Waals surface area (Å²) >= 11 is 0. The van der Waals surface area contributed by atoms with Gasteiger partial charge in [0.05, 0.1) is 26.1 Å². The van der Waals surface area contributed by atoms with Crippen molar-refractivity contribution in [2.45, 2.75) is 4.90 Å². The van der Waals surface area contributed by atoms with Crippen LogP contribution in [0.2, 0.25) is 0 Å². The standard InChI is InChI=1S/C19H19N3O4S/c1-25-16-9-10-17(26-2)18(12-16)27(23,24)22-19-11-8-15(13-20-19)21-14-6-4-3-5-7-14/h3-13,21H,1-2H3,(H,20,22). The predicted molar refractivity (Wildman–Crippen MR) is 104 cm³/mol. The number of nitrogens with one attached hydrogen (secondary N) is 2. The van der Waals surface area contributed by atoms with Crippen molar-refractivity contribution >= 4 is 27.2 Å². The minimum absolute atomic E-state index is 0.0300. The van der Waals surface area contributed by atoms with E-state index in [0.29, 0.717) is 5.75 Å². The molecule has 0 aliphatic heterocycles. The molecule has 8 heteroatoms. The van der Waals surface area contributed by atoms with Crippen molar-refractivity contribution < 1.29 is 17.9 Å². The number of pyridine rings is 1. The maximum Gasteiger partial charge on any atom is 0.266 e. The van der Waals surface area contributed by atoms with Crippen LogP contribution in [0.5, 0.6) is 11.5 Å². The first-order chi connectivity index (χ1) is 13.0. The molecule has 0 spiro atoms. The number of ether oxygens (including phenoxy) is 2. The summed E-state index contributed by atoms with van der Waals surface area (Å²) in [5, 5.41) is 3.18. The molecule has 7 nitrogen and oxygen atoms in total. The molecular weight excluding hydrogens is 366 g/mol. The summed E-state index contributed by atoms with van der Waals surface area (Å²) in [6.07, 6.45) is 1.55. The van der Waals surface area contributed by atoms with Gasteiger partial charge in [0.25, 0.3) is 10.0 Å². The van der Waals surface area contributed by atoms with Gasteiger partial charge in [-0.25, -0.2) is 13.4 Å². The molecule has 0 aliphatic carbocycles. The van der Waals surface area contributed by atoms with Crippen LogP contribution in [-0.4, -0.2) is 27.6 Å². The molecule has 1 heterocycles. The van der Waals surface area contributed by atoms with E-state index in [2.05, 4.69) is 15.0 Å². The lowest BCUT2D eigenvalue weighted by Crippen LogP contribution is -2.15. The molecular formula is C19H19N3O4S. The summed E-state index contributed by atoms with van der Waals surface area (Å²) in [5.74, 6) is 0.815. The lowest BCUT2D eigenvalue weighted by atomic mass is 10.3. The average Bonchev–Trinajstić information content (AvgIpc) is 2.69. The maximum absolute atomic E-state index is 12.7. The summed E-state index contributed by atoms with van der Waals surface area (Å²) in [4.78, 5) is 4.13. The van der Waals surface area contributed by atoms with E-state index in [1.807, 2.05) is 30.3 Å². The molecule has 140 valence electrons. The van der Waals surface area contributed by atoms with Crippen LogP contribution in [0.15, 0.2) is 71.8 Å². The fourth-order valence-electron chi connectivity index (χ4n) is 2.40. The first-order valence-corrected chi connectivity index (χ1v) is 9.53. The largest absolute Gasteiger partial charge is 0.497 e. The van der Waals surface area contributed by atoms with Crippen LogP contribution in [0.25, 0.3) is 0 Å². The number of rotatable bonds is 7. The Balaban J connectivity index is 1.80. The molecule has 0 saturated heterocycles. The van der Waals surface area contributed by atoms with Crippen molar-refractivity contribution in [3.63, 3.8) is 0 Å². The molecule has 0 amide bonds. The number of hydrogen-bond acceptors (Lipinski definition) is 6. The molecule has 3 aromatic rings. The fourth-order valence-corrected chi connectivity index (χ4v) is 3.60. The lowest BCUT2D eigenvalue weighted by molar-refractivity contribution is 0.392.